The number of rotatable bonds is 2. The standard InChI is InChI=1S/C5H7N4O2/c1-3-6-4(8-7-3)5(10)9-11-2/h1-2H3,(H,9,10). The maximum atomic E-state index is 10.9. The lowest BCUT2D eigenvalue weighted by Gasteiger charge is -1.95. The third-order valence-electron chi connectivity index (χ3n) is 0.955. The first-order valence-corrected chi connectivity index (χ1v) is 2.91. The molecule has 0 aromatic heterocycles. The largest absolute Gasteiger partial charge is 0.314 e. The number of hydroxylamine groups is 1. The molecular weight excluding hydrogens is 148 g/mol. The first kappa shape index (κ1) is 7.67. The summed E-state index contributed by atoms with van der Waals surface area (Å²) in [6.07, 6.45) is 0. The van der Waals surface area contributed by atoms with E-state index in [2.05, 4.69) is 25.8 Å². The SMILES string of the molecule is CONC(=O)C1=N[N]C(C)=N1. The molecule has 0 saturated heterocycles. The van der Waals surface area contributed by atoms with Crippen molar-refractivity contribution in [2.24, 2.45) is 10.1 Å². The van der Waals surface area contributed by atoms with Crippen LogP contribution in [-0.2, 0) is 9.63 Å². The van der Waals surface area contributed by atoms with E-state index in [1.165, 1.54) is 7.11 Å². The molecule has 1 N–H and O–H groups in total. The lowest BCUT2D eigenvalue weighted by Crippen LogP contribution is -2.28. The van der Waals surface area contributed by atoms with Crippen molar-refractivity contribution in [3.05, 3.63) is 0 Å². The minimum atomic E-state index is -0.492. The first-order valence-electron chi connectivity index (χ1n) is 2.91. The van der Waals surface area contributed by atoms with E-state index in [0.29, 0.717) is 5.84 Å². The highest BCUT2D eigenvalue weighted by Gasteiger charge is 2.15. The van der Waals surface area contributed by atoms with Crippen LogP contribution in [0.3, 0.4) is 0 Å². The summed E-state index contributed by atoms with van der Waals surface area (Å²) in [4.78, 5) is 18.9. The van der Waals surface area contributed by atoms with Crippen LogP contribution < -0.4 is 10.9 Å². The molecule has 6 nitrogen and oxygen atoms in total. The lowest BCUT2D eigenvalue weighted by atomic mass is 10.6. The van der Waals surface area contributed by atoms with E-state index >= 15 is 0 Å². The van der Waals surface area contributed by atoms with Crippen molar-refractivity contribution >= 4 is 17.6 Å². The average molecular weight is 155 g/mol. The third kappa shape index (κ3) is 1.74. The van der Waals surface area contributed by atoms with Crippen LogP contribution in [0.15, 0.2) is 10.1 Å². The van der Waals surface area contributed by atoms with Crippen LogP contribution >= 0.6 is 0 Å². The second kappa shape index (κ2) is 3.11. The van der Waals surface area contributed by atoms with Gasteiger partial charge in [-0.3, -0.25) is 9.63 Å². The zero-order valence-corrected chi connectivity index (χ0v) is 6.16. The van der Waals surface area contributed by atoms with Crippen molar-refractivity contribution in [3.8, 4) is 0 Å². The summed E-state index contributed by atoms with van der Waals surface area (Å²) < 4.78 is 0. The number of aliphatic imine (C=N–C) groups is 1. The molecule has 1 aliphatic heterocycles. The van der Waals surface area contributed by atoms with Crippen LogP contribution in [0.2, 0.25) is 0 Å². The Morgan fingerprint density at radius 1 is 1.64 bits per heavy atom. The molecule has 0 spiro atoms. The summed E-state index contributed by atoms with van der Waals surface area (Å²) in [5, 5.41) is 3.48. The molecule has 1 rings (SSSR count). The van der Waals surface area contributed by atoms with Crippen molar-refractivity contribution in [1.82, 2.24) is 10.9 Å². The number of carbonyl (C=O) groups excluding carboxylic acids is 1. The number of hydrogen-bond acceptors (Lipinski definition) is 4. The van der Waals surface area contributed by atoms with Gasteiger partial charge in [-0.2, -0.15) is 0 Å². The van der Waals surface area contributed by atoms with Gasteiger partial charge in [0.1, 0.15) is 0 Å². The number of amidine groups is 2. The highest BCUT2D eigenvalue weighted by Crippen LogP contribution is 1.91. The predicted octanol–water partition coefficient (Wildman–Crippen LogP) is -0.986. The van der Waals surface area contributed by atoms with Gasteiger partial charge in [0.05, 0.1) is 7.11 Å². The van der Waals surface area contributed by atoms with Gasteiger partial charge in [-0.1, -0.05) is 0 Å². The lowest BCUT2D eigenvalue weighted by molar-refractivity contribution is -0.124. The summed E-state index contributed by atoms with van der Waals surface area (Å²) in [7, 11) is 1.33. The molecule has 0 saturated carbocycles. The van der Waals surface area contributed by atoms with E-state index in [4.69, 9.17) is 0 Å². The van der Waals surface area contributed by atoms with Crippen molar-refractivity contribution < 1.29 is 9.63 Å². The molecule has 0 unspecified atom stereocenters. The number of amides is 1. The molecule has 0 aliphatic carbocycles. The Morgan fingerprint density at radius 2 is 2.36 bits per heavy atom. The smallest absolute Gasteiger partial charge is 0.277 e. The van der Waals surface area contributed by atoms with Gasteiger partial charge in [0.2, 0.25) is 5.84 Å². The molecule has 1 aliphatic rings. The Balaban J connectivity index is 2.56. The first-order chi connectivity index (χ1) is 5.24. The topological polar surface area (TPSA) is 77.1 Å². The van der Waals surface area contributed by atoms with Gasteiger partial charge in [-0.25, -0.2) is 10.5 Å². The Hall–Kier alpha value is -1.43. The second-order valence-electron chi connectivity index (χ2n) is 1.82. The molecule has 6 heteroatoms. The number of hydrogen-bond donors (Lipinski definition) is 1. The van der Waals surface area contributed by atoms with Gasteiger partial charge in [0.15, 0.2) is 5.84 Å². The number of carbonyl (C=O) groups is 1. The zero-order chi connectivity index (χ0) is 8.27. The van der Waals surface area contributed by atoms with E-state index in [1.807, 2.05) is 0 Å². The Morgan fingerprint density at radius 3 is 2.82 bits per heavy atom. The van der Waals surface area contributed by atoms with E-state index < -0.39 is 5.91 Å². The fourth-order valence-electron chi connectivity index (χ4n) is 0.552. The molecule has 1 heterocycles. The van der Waals surface area contributed by atoms with Gasteiger partial charge in [-0.15, -0.1) is 10.5 Å². The van der Waals surface area contributed by atoms with Crippen LogP contribution in [0, 0.1) is 0 Å². The molecular formula is C5H7N4O2. The predicted molar refractivity (Wildman–Crippen MR) is 37.8 cm³/mol. The molecule has 0 bridgehead atoms. The van der Waals surface area contributed by atoms with Crippen molar-refractivity contribution in [2.45, 2.75) is 6.92 Å². The molecule has 11 heavy (non-hydrogen) atoms. The normalized spacial score (nSPS) is 15.1. The van der Waals surface area contributed by atoms with Gasteiger partial charge in [0.25, 0.3) is 0 Å². The van der Waals surface area contributed by atoms with Crippen molar-refractivity contribution in [2.75, 3.05) is 7.11 Å². The molecule has 0 aromatic rings. The minimum absolute atomic E-state index is 0.0179. The van der Waals surface area contributed by atoms with Gasteiger partial charge in [-0.05, 0) is 6.92 Å². The van der Waals surface area contributed by atoms with Crippen LogP contribution in [0.5, 0.6) is 0 Å². The van der Waals surface area contributed by atoms with E-state index in [-0.39, 0.29) is 5.84 Å². The third-order valence-corrected chi connectivity index (χ3v) is 0.955. The van der Waals surface area contributed by atoms with E-state index in [1.54, 1.807) is 6.92 Å². The maximum Gasteiger partial charge on any atom is 0.314 e. The summed E-state index contributed by atoms with van der Waals surface area (Å²) in [6.45, 7) is 1.65. The molecule has 0 fully saturated rings. The second-order valence-corrected chi connectivity index (χ2v) is 1.82. The Bertz CT molecular complexity index is 233. The summed E-state index contributed by atoms with van der Waals surface area (Å²) >= 11 is 0. The monoisotopic (exact) mass is 155 g/mol. The summed E-state index contributed by atoms with van der Waals surface area (Å²) in [6, 6.07) is 0. The Kier molecular flexibility index (Phi) is 2.17. The minimum Gasteiger partial charge on any atom is -0.277 e. The summed E-state index contributed by atoms with van der Waals surface area (Å²) in [5.41, 5.74) is 5.61. The molecule has 1 radical (unpaired) electrons. The summed E-state index contributed by atoms with van der Waals surface area (Å²) in [5.74, 6) is -0.0105. The van der Waals surface area contributed by atoms with Crippen LogP contribution in [0.4, 0.5) is 0 Å². The molecule has 59 valence electrons. The van der Waals surface area contributed by atoms with Gasteiger partial charge < -0.3 is 0 Å². The van der Waals surface area contributed by atoms with Crippen molar-refractivity contribution in [3.63, 3.8) is 0 Å². The van der Waals surface area contributed by atoms with E-state index in [0.717, 1.165) is 0 Å². The highest BCUT2D eigenvalue weighted by molar-refractivity contribution is 6.40. The molecule has 1 amide bonds. The zero-order valence-electron chi connectivity index (χ0n) is 6.16. The number of nitrogens with zero attached hydrogens (tertiary/aromatic N) is 3. The van der Waals surface area contributed by atoms with Crippen molar-refractivity contribution in [1.29, 1.82) is 0 Å². The van der Waals surface area contributed by atoms with Gasteiger partial charge >= 0.3 is 5.91 Å². The fourth-order valence-corrected chi connectivity index (χ4v) is 0.552. The number of nitrogens with one attached hydrogen (secondary N) is 1. The van der Waals surface area contributed by atoms with Crippen LogP contribution in [0.25, 0.3) is 0 Å². The quantitative estimate of drug-likeness (QED) is 0.520. The van der Waals surface area contributed by atoms with Crippen LogP contribution in [0.1, 0.15) is 6.92 Å². The highest BCUT2D eigenvalue weighted by atomic mass is 16.6. The Labute approximate surface area is 63.3 Å². The van der Waals surface area contributed by atoms with Crippen LogP contribution in [-0.4, -0.2) is 24.7 Å². The molecule has 0 aromatic carbocycles. The van der Waals surface area contributed by atoms with E-state index in [9.17, 15) is 4.79 Å². The van der Waals surface area contributed by atoms with Gasteiger partial charge in [0, 0.05) is 0 Å². The maximum absolute atomic E-state index is 10.9. The average Bonchev–Trinajstić information content (AvgIpc) is 2.36. The molecule has 0 atom stereocenters. The fraction of sp³-hybridized carbons (Fsp3) is 0.400.